The molecule has 4 heteroatoms. The minimum absolute atomic E-state index is 0.969. The van der Waals surface area contributed by atoms with Crippen LogP contribution in [0.4, 0.5) is 5.13 Å². The van der Waals surface area contributed by atoms with E-state index in [1.54, 1.807) is 11.3 Å². The Balaban J connectivity index is 1.60. The average Bonchev–Trinajstić information content (AvgIpc) is 3.00. The molecule has 1 aromatic heterocycles. The van der Waals surface area contributed by atoms with Gasteiger partial charge in [-0.3, -0.25) is 0 Å². The topological polar surface area (TPSA) is 29.0 Å². The molecule has 1 aromatic rings. The predicted octanol–water partition coefficient (Wildman–Crippen LogP) is 2.41. The number of aromatic nitrogens is 2. The van der Waals surface area contributed by atoms with Gasteiger partial charge < -0.3 is 4.90 Å². The molecule has 0 radical (unpaired) electrons. The highest BCUT2D eigenvalue weighted by Crippen LogP contribution is 2.52. The maximum Gasteiger partial charge on any atom is 0.208 e. The van der Waals surface area contributed by atoms with Gasteiger partial charge in [-0.15, -0.1) is 10.2 Å². The second kappa shape index (κ2) is 3.42. The Morgan fingerprint density at radius 3 is 2.19 bits per heavy atom. The molecule has 0 unspecified atom stereocenters. The predicted molar refractivity (Wildman–Crippen MR) is 64.6 cm³/mol. The Hall–Kier alpha value is -0.640. The molecule has 3 aliphatic carbocycles. The molecule has 0 N–H and O–H groups in total. The maximum atomic E-state index is 4.22. The minimum Gasteiger partial charge on any atom is -0.346 e. The first-order valence-corrected chi connectivity index (χ1v) is 7.31. The smallest absolute Gasteiger partial charge is 0.208 e. The molecule has 3 nitrogen and oxygen atoms in total. The fourth-order valence-electron chi connectivity index (χ4n) is 4.31. The summed E-state index contributed by atoms with van der Waals surface area (Å²) in [4.78, 5) is 2.49. The fraction of sp³-hybridized carbons (Fsp3) is 0.833. The fourth-order valence-corrected chi connectivity index (χ4v) is 4.90. The van der Waals surface area contributed by atoms with E-state index in [0.717, 1.165) is 28.8 Å². The normalized spacial score (nSPS) is 41.4. The average molecular weight is 235 g/mol. The van der Waals surface area contributed by atoms with E-state index in [0.29, 0.717) is 0 Å². The third-order valence-electron chi connectivity index (χ3n) is 5.06. The van der Waals surface area contributed by atoms with Gasteiger partial charge in [0.15, 0.2) is 0 Å². The van der Waals surface area contributed by atoms with E-state index in [1.165, 1.54) is 38.8 Å². The molecule has 16 heavy (non-hydrogen) atoms. The van der Waals surface area contributed by atoms with Crippen molar-refractivity contribution in [3.05, 3.63) is 5.51 Å². The molecule has 5 rings (SSSR count). The van der Waals surface area contributed by atoms with Crippen LogP contribution in [0.25, 0.3) is 0 Å². The molecule has 0 amide bonds. The third-order valence-corrected chi connectivity index (χ3v) is 5.81. The van der Waals surface area contributed by atoms with Gasteiger partial charge in [-0.25, -0.2) is 0 Å². The molecule has 2 bridgehead atoms. The zero-order valence-corrected chi connectivity index (χ0v) is 10.2. The number of rotatable bonds is 1. The van der Waals surface area contributed by atoms with Crippen LogP contribution >= 0.6 is 11.3 Å². The van der Waals surface area contributed by atoms with Crippen molar-refractivity contribution in [2.24, 2.45) is 23.7 Å². The van der Waals surface area contributed by atoms with Crippen LogP contribution in [0.3, 0.4) is 0 Å². The van der Waals surface area contributed by atoms with E-state index in [2.05, 4.69) is 15.1 Å². The molecule has 3 saturated carbocycles. The van der Waals surface area contributed by atoms with Crippen molar-refractivity contribution in [2.75, 3.05) is 18.0 Å². The molecule has 0 aromatic carbocycles. The lowest BCUT2D eigenvalue weighted by Crippen LogP contribution is -2.38. The molecular formula is C12H17N3S. The second-order valence-corrected chi connectivity index (χ2v) is 6.44. The monoisotopic (exact) mass is 235 g/mol. The maximum absolute atomic E-state index is 4.22. The Bertz CT molecular complexity index is 350. The van der Waals surface area contributed by atoms with Crippen molar-refractivity contribution in [3.63, 3.8) is 0 Å². The van der Waals surface area contributed by atoms with E-state index in [4.69, 9.17) is 0 Å². The standard InChI is InChI=1S/C12H17N3S/c1-2-9-4-3-8(1)10-5-15(6-11(9)10)12-14-13-7-16-12/h7-11H,1-6H2/t8?,9?,10-,11+. The molecule has 4 fully saturated rings. The first-order chi connectivity index (χ1) is 7.92. The molecule has 1 aliphatic heterocycles. The van der Waals surface area contributed by atoms with Gasteiger partial charge in [-0.2, -0.15) is 0 Å². The largest absolute Gasteiger partial charge is 0.346 e. The van der Waals surface area contributed by atoms with E-state index < -0.39 is 0 Å². The summed E-state index contributed by atoms with van der Waals surface area (Å²) >= 11 is 1.69. The summed E-state index contributed by atoms with van der Waals surface area (Å²) in [6, 6.07) is 0. The van der Waals surface area contributed by atoms with Crippen molar-refractivity contribution in [1.29, 1.82) is 0 Å². The summed E-state index contributed by atoms with van der Waals surface area (Å²) in [7, 11) is 0. The van der Waals surface area contributed by atoms with E-state index in [-0.39, 0.29) is 0 Å². The summed E-state index contributed by atoms with van der Waals surface area (Å²) in [6.45, 7) is 2.50. The Kier molecular flexibility index (Phi) is 2.01. The van der Waals surface area contributed by atoms with Crippen LogP contribution in [-0.4, -0.2) is 23.3 Å². The summed E-state index contributed by atoms with van der Waals surface area (Å²) in [5, 5.41) is 9.33. The molecular weight excluding hydrogens is 218 g/mol. The van der Waals surface area contributed by atoms with Crippen molar-refractivity contribution in [1.82, 2.24) is 10.2 Å². The summed E-state index contributed by atoms with van der Waals surface area (Å²) in [5.41, 5.74) is 1.85. The molecule has 0 spiro atoms. The van der Waals surface area contributed by atoms with Gasteiger partial charge in [-0.05, 0) is 49.4 Å². The number of hydrogen-bond donors (Lipinski definition) is 0. The van der Waals surface area contributed by atoms with Gasteiger partial charge in [0, 0.05) is 13.1 Å². The van der Waals surface area contributed by atoms with Crippen LogP contribution in [0.15, 0.2) is 5.51 Å². The lowest BCUT2D eigenvalue weighted by molar-refractivity contribution is 0.0577. The van der Waals surface area contributed by atoms with Crippen LogP contribution in [0.2, 0.25) is 0 Å². The molecule has 4 aliphatic rings. The Morgan fingerprint density at radius 2 is 1.69 bits per heavy atom. The van der Waals surface area contributed by atoms with Crippen LogP contribution in [0.1, 0.15) is 25.7 Å². The highest BCUT2D eigenvalue weighted by atomic mass is 32.1. The Morgan fingerprint density at radius 1 is 1.06 bits per heavy atom. The number of fused-ring (bicyclic) bond motifs is 2. The third kappa shape index (κ3) is 1.25. The molecule has 2 atom stereocenters. The van der Waals surface area contributed by atoms with Gasteiger partial charge >= 0.3 is 0 Å². The van der Waals surface area contributed by atoms with Gasteiger partial charge in [0.1, 0.15) is 5.51 Å². The summed E-state index contributed by atoms with van der Waals surface area (Å²) < 4.78 is 0. The number of hydrogen-bond acceptors (Lipinski definition) is 4. The number of nitrogens with zero attached hydrogens (tertiary/aromatic N) is 3. The molecule has 86 valence electrons. The molecule has 2 heterocycles. The van der Waals surface area contributed by atoms with Crippen LogP contribution in [-0.2, 0) is 0 Å². The van der Waals surface area contributed by atoms with E-state index in [1.807, 2.05) is 5.51 Å². The zero-order valence-electron chi connectivity index (χ0n) is 9.38. The summed E-state index contributed by atoms with van der Waals surface area (Å²) in [6.07, 6.45) is 5.98. The lowest BCUT2D eigenvalue weighted by Gasteiger charge is -2.44. The van der Waals surface area contributed by atoms with Gasteiger partial charge in [0.2, 0.25) is 5.13 Å². The highest BCUT2D eigenvalue weighted by molar-refractivity contribution is 7.13. The van der Waals surface area contributed by atoms with E-state index in [9.17, 15) is 0 Å². The SMILES string of the molecule is c1nnc(N2C[C@@H]3C4CCC(CC4)[C@@H]3C2)s1. The first kappa shape index (κ1) is 9.40. The van der Waals surface area contributed by atoms with Gasteiger partial charge in [0.05, 0.1) is 0 Å². The van der Waals surface area contributed by atoms with Crippen LogP contribution < -0.4 is 4.90 Å². The van der Waals surface area contributed by atoms with Crippen molar-refractivity contribution in [2.45, 2.75) is 25.7 Å². The highest BCUT2D eigenvalue weighted by Gasteiger charge is 2.48. The Labute approximate surface area is 99.9 Å². The van der Waals surface area contributed by atoms with Gasteiger partial charge in [0.25, 0.3) is 0 Å². The quantitative estimate of drug-likeness (QED) is 0.748. The second-order valence-electron chi connectivity index (χ2n) is 5.63. The van der Waals surface area contributed by atoms with Crippen LogP contribution in [0, 0.1) is 23.7 Å². The van der Waals surface area contributed by atoms with Crippen molar-refractivity contribution in [3.8, 4) is 0 Å². The van der Waals surface area contributed by atoms with Gasteiger partial charge in [-0.1, -0.05) is 11.3 Å². The lowest BCUT2D eigenvalue weighted by atomic mass is 9.60. The minimum atomic E-state index is 0.969. The van der Waals surface area contributed by atoms with Crippen molar-refractivity contribution < 1.29 is 0 Å². The molecule has 1 saturated heterocycles. The number of anilines is 1. The van der Waals surface area contributed by atoms with E-state index >= 15 is 0 Å². The van der Waals surface area contributed by atoms with Crippen LogP contribution in [0.5, 0.6) is 0 Å². The first-order valence-electron chi connectivity index (χ1n) is 6.43. The zero-order chi connectivity index (χ0) is 10.5. The summed E-state index contributed by atoms with van der Waals surface area (Å²) in [5.74, 6) is 3.98. The van der Waals surface area contributed by atoms with Crippen molar-refractivity contribution >= 4 is 16.5 Å².